The van der Waals surface area contributed by atoms with Gasteiger partial charge < -0.3 is 10.1 Å². The predicted molar refractivity (Wildman–Crippen MR) is 127 cm³/mol. The average molecular weight is 448 g/mol. The second-order valence-corrected chi connectivity index (χ2v) is 10.9. The van der Waals surface area contributed by atoms with Crippen LogP contribution in [0, 0.1) is 17.8 Å². The number of methoxy groups -OCH3 is 1. The molecule has 4 aliphatic carbocycles. The third-order valence-electron chi connectivity index (χ3n) is 7.64. The fourth-order valence-corrected chi connectivity index (χ4v) is 7.64. The summed E-state index contributed by atoms with van der Waals surface area (Å²) in [5.74, 6) is 3.84. The zero-order valence-electron chi connectivity index (χ0n) is 18.4. The summed E-state index contributed by atoms with van der Waals surface area (Å²) in [4.78, 5) is 17.9. The van der Waals surface area contributed by atoms with Crippen LogP contribution < -0.4 is 10.1 Å². The van der Waals surface area contributed by atoms with Gasteiger partial charge in [-0.05, 0) is 92.7 Å². The van der Waals surface area contributed by atoms with E-state index in [4.69, 9.17) is 9.72 Å². The minimum atomic E-state index is 0.0580. The summed E-state index contributed by atoms with van der Waals surface area (Å²) in [6, 6.07) is 16.1. The minimum absolute atomic E-state index is 0.0580. The van der Waals surface area contributed by atoms with Crippen LogP contribution in [0.2, 0.25) is 0 Å². The molecule has 1 N–H and O–H groups in total. The summed E-state index contributed by atoms with van der Waals surface area (Å²) in [6.07, 6.45) is 7.70. The van der Waals surface area contributed by atoms with E-state index in [1.165, 1.54) is 50.3 Å². The minimum Gasteiger partial charge on any atom is -0.497 e. The van der Waals surface area contributed by atoms with E-state index >= 15 is 0 Å². The molecule has 4 bridgehead atoms. The van der Waals surface area contributed by atoms with Gasteiger partial charge in [0, 0.05) is 11.2 Å². The molecule has 1 amide bonds. The number of benzene rings is 2. The first kappa shape index (κ1) is 20.2. The van der Waals surface area contributed by atoms with Crippen LogP contribution in [-0.2, 0) is 4.79 Å². The van der Waals surface area contributed by atoms with Crippen molar-refractivity contribution in [2.45, 2.75) is 49.2 Å². The van der Waals surface area contributed by atoms with Crippen LogP contribution in [0.3, 0.4) is 0 Å². The monoisotopic (exact) mass is 447 g/mol. The van der Waals surface area contributed by atoms with Crippen LogP contribution in [0.25, 0.3) is 16.7 Å². The smallest absolute Gasteiger partial charge is 0.230 e. The maximum absolute atomic E-state index is 13.1. The van der Waals surface area contributed by atoms with Crippen LogP contribution in [0.5, 0.6) is 5.75 Å². The van der Waals surface area contributed by atoms with Crippen molar-refractivity contribution in [1.82, 2.24) is 14.9 Å². The van der Waals surface area contributed by atoms with Gasteiger partial charge in [-0.2, -0.15) is 0 Å². The van der Waals surface area contributed by atoms with E-state index in [1.807, 2.05) is 42.5 Å². The highest BCUT2D eigenvalue weighted by atomic mass is 32.2. The number of para-hydroxylation sites is 2. The van der Waals surface area contributed by atoms with Crippen LogP contribution in [0.4, 0.5) is 0 Å². The number of thioether (sulfide) groups is 1. The third kappa shape index (κ3) is 3.58. The number of imidazole rings is 1. The van der Waals surface area contributed by atoms with Crippen molar-refractivity contribution < 1.29 is 9.53 Å². The number of carbonyl (C=O) groups excluding carboxylic acids is 1. The van der Waals surface area contributed by atoms with Gasteiger partial charge in [0.25, 0.3) is 0 Å². The summed E-state index contributed by atoms with van der Waals surface area (Å²) in [7, 11) is 1.67. The largest absolute Gasteiger partial charge is 0.497 e. The molecule has 0 aliphatic heterocycles. The molecule has 32 heavy (non-hydrogen) atoms. The Balaban J connectivity index is 1.22. The Hall–Kier alpha value is -2.47. The van der Waals surface area contributed by atoms with Gasteiger partial charge in [-0.15, -0.1) is 0 Å². The number of ether oxygens (including phenoxy) is 1. The van der Waals surface area contributed by atoms with Crippen molar-refractivity contribution in [3.63, 3.8) is 0 Å². The summed E-state index contributed by atoms with van der Waals surface area (Å²) < 4.78 is 7.45. The molecule has 0 radical (unpaired) electrons. The summed E-state index contributed by atoms with van der Waals surface area (Å²) in [5.41, 5.74) is 3.06. The molecule has 4 fully saturated rings. The molecule has 2 aromatic carbocycles. The first-order valence-electron chi connectivity index (χ1n) is 11.7. The number of nitrogens with zero attached hydrogens (tertiary/aromatic N) is 2. The van der Waals surface area contributed by atoms with Gasteiger partial charge in [-0.3, -0.25) is 9.36 Å². The van der Waals surface area contributed by atoms with Crippen molar-refractivity contribution in [3.05, 3.63) is 48.5 Å². The molecule has 4 saturated carbocycles. The zero-order chi connectivity index (χ0) is 21.7. The maximum Gasteiger partial charge on any atom is 0.230 e. The summed E-state index contributed by atoms with van der Waals surface area (Å²) >= 11 is 1.52. The maximum atomic E-state index is 13.1. The summed E-state index contributed by atoms with van der Waals surface area (Å²) in [6.45, 7) is 0. The number of fused-ring (bicyclic) bond motifs is 1. The van der Waals surface area contributed by atoms with E-state index in [0.717, 1.165) is 45.4 Å². The van der Waals surface area contributed by atoms with Crippen molar-refractivity contribution in [1.29, 1.82) is 0 Å². The van der Waals surface area contributed by atoms with E-state index in [2.05, 4.69) is 16.0 Å². The van der Waals surface area contributed by atoms with E-state index in [-0.39, 0.29) is 11.4 Å². The second-order valence-electron chi connectivity index (χ2n) is 9.95. The lowest BCUT2D eigenvalue weighted by molar-refractivity contribution is -0.124. The Bertz CT molecular complexity index is 1120. The number of nitrogens with one attached hydrogen (secondary N) is 1. The lowest BCUT2D eigenvalue weighted by Gasteiger charge is -2.56. The van der Waals surface area contributed by atoms with Gasteiger partial charge >= 0.3 is 0 Å². The number of hydrogen-bond donors (Lipinski definition) is 1. The molecule has 0 atom stereocenters. The molecule has 6 heteroatoms. The van der Waals surface area contributed by atoms with Crippen molar-refractivity contribution >= 4 is 28.7 Å². The molecular weight excluding hydrogens is 418 g/mol. The Labute approximate surface area is 192 Å². The highest BCUT2D eigenvalue weighted by molar-refractivity contribution is 7.99. The highest BCUT2D eigenvalue weighted by Gasteiger charge is 2.51. The number of hydrogen-bond acceptors (Lipinski definition) is 4. The Morgan fingerprint density at radius 2 is 1.72 bits per heavy atom. The van der Waals surface area contributed by atoms with E-state index < -0.39 is 0 Å². The van der Waals surface area contributed by atoms with Gasteiger partial charge in [0.15, 0.2) is 5.16 Å². The van der Waals surface area contributed by atoms with Gasteiger partial charge in [0.1, 0.15) is 5.75 Å². The van der Waals surface area contributed by atoms with E-state index in [0.29, 0.717) is 5.75 Å². The topological polar surface area (TPSA) is 56.1 Å². The zero-order valence-corrected chi connectivity index (χ0v) is 19.2. The van der Waals surface area contributed by atoms with Crippen molar-refractivity contribution in [3.8, 4) is 11.4 Å². The fraction of sp³-hybridized carbons (Fsp3) is 0.462. The molecule has 166 valence electrons. The standard InChI is InChI=1S/C26H29N3O2S/c1-31-21-8-6-20(7-9-21)29-23-5-3-2-4-22(23)27-25(29)32-16-24(30)28-26-13-17-10-18(14-26)12-19(11-17)15-26/h2-9,17-19H,10-16H2,1H3,(H,28,30). The molecule has 7 rings (SSSR count). The molecule has 1 heterocycles. The molecular formula is C26H29N3O2S. The number of amides is 1. The molecule has 0 saturated heterocycles. The van der Waals surface area contributed by atoms with Gasteiger partial charge in [-0.1, -0.05) is 23.9 Å². The quantitative estimate of drug-likeness (QED) is 0.527. The Morgan fingerprint density at radius 1 is 1.06 bits per heavy atom. The number of carbonyl (C=O) groups is 1. The Morgan fingerprint density at radius 3 is 2.38 bits per heavy atom. The SMILES string of the molecule is COc1ccc(-n2c(SCC(=O)NC34CC5CC(CC(C5)C3)C4)nc3ccccc32)cc1. The predicted octanol–water partition coefficient (Wildman–Crippen LogP) is 5.21. The van der Waals surface area contributed by atoms with E-state index in [9.17, 15) is 4.79 Å². The van der Waals surface area contributed by atoms with Crippen LogP contribution in [0.1, 0.15) is 38.5 Å². The van der Waals surface area contributed by atoms with Gasteiger partial charge in [0.05, 0.1) is 23.9 Å². The highest BCUT2D eigenvalue weighted by Crippen LogP contribution is 2.55. The molecule has 4 aliphatic rings. The lowest BCUT2D eigenvalue weighted by atomic mass is 9.53. The van der Waals surface area contributed by atoms with Gasteiger partial charge in [-0.25, -0.2) is 4.98 Å². The second kappa shape index (κ2) is 7.84. The van der Waals surface area contributed by atoms with Crippen LogP contribution in [-0.4, -0.2) is 33.9 Å². The van der Waals surface area contributed by atoms with Crippen LogP contribution >= 0.6 is 11.8 Å². The average Bonchev–Trinajstić information content (AvgIpc) is 3.15. The molecule has 1 aromatic heterocycles. The normalized spacial score (nSPS) is 28.2. The summed E-state index contributed by atoms with van der Waals surface area (Å²) in [5, 5.41) is 4.33. The van der Waals surface area contributed by atoms with Crippen LogP contribution in [0.15, 0.2) is 53.7 Å². The first-order chi connectivity index (χ1) is 15.6. The molecule has 0 unspecified atom stereocenters. The number of aromatic nitrogens is 2. The first-order valence-corrected chi connectivity index (χ1v) is 12.7. The number of rotatable bonds is 6. The Kier molecular flexibility index (Phi) is 4.94. The lowest BCUT2D eigenvalue weighted by Crippen LogP contribution is -2.60. The van der Waals surface area contributed by atoms with Crippen molar-refractivity contribution in [2.24, 2.45) is 17.8 Å². The fourth-order valence-electron chi connectivity index (χ4n) is 6.81. The van der Waals surface area contributed by atoms with Gasteiger partial charge in [0.2, 0.25) is 5.91 Å². The molecule has 5 nitrogen and oxygen atoms in total. The third-order valence-corrected chi connectivity index (χ3v) is 8.57. The molecule has 3 aromatic rings. The molecule has 0 spiro atoms. The van der Waals surface area contributed by atoms with Crippen molar-refractivity contribution in [2.75, 3.05) is 12.9 Å². The van der Waals surface area contributed by atoms with E-state index in [1.54, 1.807) is 7.11 Å².